The van der Waals surface area contributed by atoms with E-state index in [0.29, 0.717) is 23.7 Å². The van der Waals surface area contributed by atoms with Crippen LogP contribution in [0.15, 0.2) is 62.8 Å². The summed E-state index contributed by atoms with van der Waals surface area (Å²) in [7, 11) is 0. The van der Waals surface area contributed by atoms with Gasteiger partial charge >= 0.3 is 0 Å². The standard InChI is InChI=1S/C24H34/c1-5-10-22-17(6-2)15-19(21(22)8-4)13-14-20-16-18(7-3)23-11-9-12-24(20)23/h5-8,13-14,17-24H,1-4,9-12,15-16H2/b14-13-. The van der Waals surface area contributed by atoms with Crippen molar-refractivity contribution < 1.29 is 0 Å². The first kappa shape index (κ1) is 17.5. The van der Waals surface area contributed by atoms with Crippen molar-refractivity contribution >= 4 is 0 Å². The van der Waals surface area contributed by atoms with E-state index in [1.54, 1.807) is 0 Å². The van der Waals surface area contributed by atoms with Crippen LogP contribution in [0.25, 0.3) is 0 Å². The lowest BCUT2D eigenvalue weighted by Gasteiger charge is -2.21. The van der Waals surface area contributed by atoms with Crippen LogP contribution in [0.5, 0.6) is 0 Å². The van der Waals surface area contributed by atoms with Crippen LogP contribution in [0.1, 0.15) is 38.5 Å². The molecule has 0 N–H and O–H groups in total. The molecule has 0 aliphatic heterocycles. The van der Waals surface area contributed by atoms with Crippen molar-refractivity contribution in [2.45, 2.75) is 38.5 Å². The molecule has 8 unspecified atom stereocenters. The van der Waals surface area contributed by atoms with Crippen molar-refractivity contribution in [1.29, 1.82) is 0 Å². The Morgan fingerprint density at radius 3 is 1.96 bits per heavy atom. The maximum atomic E-state index is 4.14. The summed E-state index contributed by atoms with van der Waals surface area (Å²) in [5.74, 6) is 5.76. The molecule has 0 heteroatoms. The summed E-state index contributed by atoms with van der Waals surface area (Å²) in [5.41, 5.74) is 0. The summed E-state index contributed by atoms with van der Waals surface area (Å²) >= 11 is 0. The highest BCUT2D eigenvalue weighted by Crippen LogP contribution is 2.52. The lowest BCUT2D eigenvalue weighted by Crippen LogP contribution is -2.14. The van der Waals surface area contributed by atoms with Crippen molar-refractivity contribution in [3.63, 3.8) is 0 Å². The minimum Gasteiger partial charge on any atom is -0.103 e. The zero-order valence-electron chi connectivity index (χ0n) is 15.2. The lowest BCUT2D eigenvalue weighted by molar-refractivity contribution is 0.376. The first-order valence-electron chi connectivity index (χ1n) is 9.90. The number of rotatable bonds is 7. The molecule has 0 amide bonds. The molecule has 0 radical (unpaired) electrons. The van der Waals surface area contributed by atoms with E-state index < -0.39 is 0 Å². The molecule has 0 heterocycles. The topological polar surface area (TPSA) is 0 Å². The van der Waals surface area contributed by atoms with Gasteiger partial charge in [0.05, 0.1) is 0 Å². The van der Waals surface area contributed by atoms with Crippen LogP contribution in [0.3, 0.4) is 0 Å². The van der Waals surface area contributed by atoms with E-state index in [2.05, 4.69) is 62.8 Å². The Hall–Kier alpha value is -1.30. The van der Waals surface area contributed by atoms with Gasteiger partial charge in [-0.1, -0.05) is 42.9 Å². The van der Waals surface area contributed by atoms with Gasteiger partial charge in [0, 0.05) is 0 Å². The van der Waals surface area contributed by atoms with Gasteiger partial charge in [-0.2, -0.15) is 0 Å². The molecule has 0 bridgehead atoms. The zero-order chi connectivity index (χ0) is 17.1. The third-order valence-corrected chi connectivity index (χ3v) is 7.27. The minimum absolute atomic E-state index is 0.568. The third kappa shape index (κ3) is 3.13. The SMILES string of the molecule is C=CCC1C(C=C)CC(/C=C\C2CC(C=C)C3CCCC23)C1C=C. The van der Waals surface area contributed by atoms with Gasteiger partial charge in [-0.25, -0.2) is 0 Å². The molecule has 3 saturated carbocycles. The monoisotopic (exact) mass is 322 g/mol. The molecule has 0 aromatic rings. The van der Waals surface area contributed by atoms with Crippen molar-refractivity contribution in [3.05, 3.63) is 62.8 Å². The summed E-state index contributed by atoms with van der Waals surface area (Å²) in [6, 6.07) is 0. The van der Waals surface area contributed by atoms with Gasteiger partial charge in [-0.05, 0) is 79.4 Å². The molecule has 3 aliphatic rings. The Morgan fingerprint density at radius 1 is 0.708 bits per heavy atom. The number of hydrogen-bond donors (Lipinski definition) is 0. The molecule has 3 fully saturated rings. The lowest BCUT2D eigenvalue weighted by atomic mass is 9.84. The fourth-order valence-corrected chi connectivity index (χ4v) is 6.12. The molecule has 3 rings (SSSR count). The van der Waals surface area contributed by atoms with Gasteiger partial charge in [0.1, 0.15) is 0 Å². The summed E-state index contributed by atoms with van der Waals surface area (Å²) in [6.45, 7) is 16.3. The second-order valence-corrected chi connectivity index (χ2v) is 8.24. The van der Waals surface area contributed by atoms with Crippen LogP contribution < -0.4 is 0 Å². The van der Waals surface area contributed by atoms with E-state index in [9.17, 15) is 0 Å². The molecule has 0 nitrogen and oxygen atoms in total. The summed E-state index contributed by atoms with van der Waals surface area (Å²) < 4.78 is 0. The number of allylic oxidation sites excluding steroid dienone is 6. The molecule has 8 atom stereocenters. The maximum absolute atomic E-state index is 4.14. The normalized spacial score (nSPS) is 44.5. The number of hydrogen-bond acceptors (Lipinski definition) is 0. The Morgan fingerprint density at radius 2 is 1.33 bits per heavy atom. The second-order valence-electron chi connectivity index (χ2n) is 8.24. The Kier molecular flexibility index (Phi) is 5.64. The molecule has 24 heavy (non-hydrogen) atoms. The molecule has 0 aromatic carbocycles. The molecule has 0 saturated heterocycles. The summed E-state index contributed by atoms with van der Waals surface area (Å²) in [5, 5.41) is 0. The van der Waals surface area contributed by atoms with Crippen LogP contribution >= 0.6 is 0 Å². The van der Waals surface area contributed by atoms with E-state index in [-0.39, 0.29) is 0 Å². The summed E-state index contributed by atoms with van der Waals surface area (Å²) in [6.07, 6.45) is 21.6. The van der Waals surface area contributed by atoms with Gasteiger partial charge in [0.25, 0.3) is 0 Å². The van der Waals surface area contributed by atoms with Gasteiger partial charge in [-0.15, -0.1) is 26.3 Å². The Bertz CT molecular complexity index is 510. The predicted molar refractivity (Wildman–Crippen MR) is 106 cm³/mol. The third-order valence-electron chi connectivity index (χ3n) is 7.27. The molecule has 0 spiro atoms. The highest BCUT2D eigenvalue weighted by atomic mass is 14.5. The van der Waals surface area contributed by atoms with Gasteiger partial charge in [0.2, 0.25) is 0 Å². The van der Waals surface area contributed by atoms with Crippen LogP contribution in [-0.4, -0.2) is 0 Å². The van der Waals surface area contributed by atoms with Crippen LogP contribution in [0.4, 0.5) is 0 Å². The fraction of sp³-hybridized carbons (Fsp3) is 0.583. The van der Waals surface area contributed by atoms with Crippen LogP contribution in [0, 0.1) is 47.3 Å². The van der Waals surface area contributed by atoms with Crippen molar-refractivity contribution in [3.8, 4) is 0 Å². The van der Waals surface area contributed by atoms with Gasteiger partial charge < -0.3 is 0 Å². The van der Waals surface area contributed by atoms with E-state index in [4.69, 9.17) is 0 Å². The highest BCUT2D eigenvalue weighted by molar-refractivity contribution is 5.13. The molecular weight excluding hydrogens is 288 g/mol. The Labute approximate surface area is 149 Å². The van der Waals surface area contributed by atoms with Gasteiger partial charge in [-0.3, -0.25) is 0 Å². The Balaban J connectivity index is 1.71. The van der Waals surface area contributed by atoms with Crippen molar-refractivity contribution in [2.24, 2.45) is 47.3 Å². The average Bonchev–Trinajstić information content (AvgIpc) is 3.27. The van der Waals surface area contributed by atoms with Crippen molar-refractivity contribution in [2.75, 3.05) is 0 Å². The van der Waals surface area contributed by atoms with Gasteiger partial charge in [0.15, 0.2) is 0 Å². The largest absolute Gasteiger partial charge is 0.103 e. The van der Waals surface area contributed by atoms with Crippen LogP contribution in [-0.2, 0) is 0 Å². The molecule has 0 aromatic heterocycles. The zero-order valence-corrected chi connectivity index (χ0v) is 15.2. The smallest absolute Gasteiger partial charge is 0.0136 e. The average molecular weight is 323 g/mol. The molecule has 3 aliphatic carbocycles. The quantitative estimate of drug-likeness (QED) is 0.463. The molecule has 130 valence electrons. The fourth-order valence-electron chi connectivity index (χ4n) is 6.12. The summed E-state index contributed by atoms with van der Waals surface area (Å²) in [4.78, 5) is 0. The van der Waals surface area contributed by atoms with Crippen molar-refractivity contribution in [1.82, 2.24) is 0 Å². The second kappa shape index (κ2) is 7.72. The van der Waals surface area contributed by atoms with E-state index in [1.807, 2.05) is 0 Å². The van der Waals surface area contributed by atoms with E-state index >= 15 is 0 Å². The van der Waals surface area contributed by atoms with E-state index in [0.717, 1.165) is 30.1 Å². The first-order chi connectivity index (χ1) is 11.7. The van der Waals surface area contributed by atoms with Crippen LogP contribution in [0.2, 0.25) is 0 Å². The highest BCUT2D eigenvalue weighted by Gasteiger charge is 2.43. The minimum atomic E-state index is 0.568. The molecular formula is C24H34. The van der Waals surface area contributed by atoms with E-state index in [1.165, 1.54) is 32.1 Å². The number of fused-ring (bicyclic) bond motifs is 1. The predicted octanol–water partition coefficient (Wildman–Crippen LogP) is 6.60. The first-order valence-corrected chi connectivity index (χ1v) is 9.90. The maximum Gasteiger partial charge on any atom is -0.0136 e.